The van der Waals surface area contributed by atoms with Crippen molar-refractivity contribution in [2.75, 3.05) is 13.2 Å². The number of carbonyl (C=O) groups is 2. The Morgan fingerprint density at radius 1 is 1.38 bits per heavy atom. The van der Waals surface area contributed by atoms with Gasteiger partial charge >= 0.3 is 0 Å². The maximum absolute atomic E-state index is 12.2. The second-order valence-electron chi connectivity index (χ2n) is 5.65. The zero-order valence-electron chi connectivity index (χ0n) is 12.7. The van der Waals surface area contributed by atoms with Crippen LogP contribution in [0.1, 0.15) is 51.9 Å². The van der Waals surface area contributed by atoms with E-state index in [2.05, 4.69) is 6.92 Å². The van der Waals surface area contributed by atoms with Crippen molar-refractivity contribution in [3.8, 4) is 0 Å². The number of carbonyl (C=O) groups excluding carboxylic acids is 2. The molecule has 0 saturated carbocycles. The molecule has 0 bridgehead atoms. The van der Waals surface area contributed by atoms with Gasteiger partial charge in [-0.05, 0) is 19.3 Å². The standard InChI is InChI=1S/C14H27N3O4/c1-2-3-4-5-8-14(12(15)19,13(20)16-21)17-9-6-7-11(17)10-18/h11,18,21H,2-10H2,1H3,(H2,15,19)(H,16,20). The molecule has 0 aromatic carbocycles. The molecule has 5 N–H and O–H groups in total. The summed E-state index contributed by atoms with van der Waals surface area (Å²) in [5, 5.41) is 18.5. The van der Waals surface area contributed by atoms with E-state index in [0.29, 0.717) is 19.4 Å². The molecule has 0 aliphatic carbocycles. The lowest BCUT2D eigenvalue weighted by molar-refractivity contribution is -0.153. The number of likely N-dealkylation sites (tertiary alicyclic amines) is 1. The number of nitrogens with zero attached hydrogens (tertiary/aromatic N) is 1. The number of nitrogens with two attached hydrogens (primary N) is 1. The van der Waals surface area contributed by atoms with Crippen molar-refractivity contribution >= 4 is 11.8 Å². The molecular formula is C14H27N3O4. The maximum Gasteiger partial charge on any atom is 0.273 e. The molecular weight excluding hydrogens is 274 g/mol. The first-order valence-electron chi connectivity index (χ1n) is 7.66. The average Bonchev–Trinajstić information content (AvgIpc) is 2.95. The molecule has 2 amide bonds. The molecule has 21 heavy (non-hydrogen) atoms. The number of amides is 2. The lowest BCUT2D eigenvalue weighted by Gasteiger charge is -2.40. The molecule has 7 nitrogen and oxygen atoms in total. The van der Waals surface area contributed by atoms with E-state index in [1.807, 2.05) is 0 Å². The van der Waals surface area contributed by atoms with Crippen LogP contribution < -0.4 is 11.2 Å². The Bertz CT molecular complexity index is 364. The van der Waals surface area contributed by atoms with E-state index in [0.717, 1.165) is 25.7 Å². The monoisotopic (exact) mass is 301 g/mol. The van der Waals surface area contributed by atoms with Gasteiger partial charge in [0.25, 0.3) is 5.91 Å². The van der Waals surface area contributed by atoms with Gasteiger partial charge in [0.15, 0.2) is 5.54 Å². The van der Waals surface area contributed by atoms with Gasteiger partial charge in [-0.3, -0.25) is 19.7 Å². The van der Waals surface area contributed by atoms with Crippen LogP contribution in [-0.2, 0) is 9.59 Å². The Kier molecular flexibility index (Phi) is 7.07. The molecule has 1 rings (SSSR count). The Balaban J connectivity index is 3.00. The summed E-state index contributed by atoms with van der Waals surface area (Å²) in [5.41, 5.74) is 5.54. The topological polar surface area (TPSA) is 116 Å². The summed E-state index contributed by atoms with van der Waals surface area (Å²) in [4.78, 5) is 25.9. The van der Waals surface area contributed by atoms with Gasteiger partial charge in [0, 0.05) is 12.6 Å². The van der Waals surface area contributed by atoms with Crippen LogP contribution in [-0.4, -0.2) is 51.8 Å². The van der Waals surface area contributed by atoms with Gasteiger partial charge in [-0.25, -0.2) is 5.48 Å². The average molecular weight is 301 g/mol. The molecule has 0 radical (unpaired) electrons. The highest BCUT2D eigenvalue weighted by Gasteiger charge is 2.52. The summed E-state index contributed by atoms with van der Waals surface area (Å²) >= 11 is 0. The van der Waals surface area contributed by atoms with Gasteiger partial charge in [-0.15, -0.1) is 0 Å². The van der Waals surface area contributed by atoms with Crippen LogP contribution in [0.25, 0.3) is 0 Å². The van der Waals surface area contributed by atoms with Crippen LogP contribution in [0.4, 0.5) is 0 Å². The van der Waals surface area contributed by atoms with Crippen LogP contribution in [0.5, 0.6) is 0 Å². The van der Waals surface area contributed by atoms with Gasteiger partial charge in [0.2, 0.25) is 5.91 Å². The SMILES string of the molecule is CCCCCCC(C(N)=O)(C(=O)NO)N1CCCC1CO. The van der Waals surface area contributed by atoms with E-state index < -0.39 is 17.4 Å². The number of nitrogens with one attached hydrogen (secondary N) is 1. The zero-order valence-corrected chi connectivity index (χ0v) is 12.7. The summed E-state index contributed by atoms with van der Waals surface area (Å²) in [5.74, 6) is -1.57. The number of unbranched alkanes of at least 4 members (excludes halogenated alkanes) is 3. The predicted molar refractivity (Wildman–Crippen MR) is 77.4 cm³/mol. The van der Waals surface area contributed by atoms with Gasteiger partial charge < -0.3 is 10.8 Å². The minimum Gasteiger partial charge on any atom is -0.395 e. The highest BCUT2D eigenvalue weighted by molar-refractivity contribution is 6.08. The second kappa shape index (κ2) is 8.31. The minimum absolute atomic E-state index is 0.136. The first kappa shape index (κ1) is 17.9. The van der Waals surface area contributed by atoms with Crippen molar-refractivity contribution in [2.24, 2.45) is 5.73 Å². The van der Waals surface area contributed by atoms with E-state index in [1.54, 1.807) is 10.4 Å². The van der Waals surface area contributed by atoms with Crippen molar-refractivity contribution in [2.45, 2.75) is 63.5 Å². The molecule has 0 aromatic rings. The van der Waals surface area contributed by atoms with Crippen molar-refractivity contribution in [1.82, 2.24) is 10.4 Å². The molecule has 0 aromatic heterocycles. The van der Waals surface area contributed by atoms with Crippen LogP contribution in [0.2, 0.25) is 0 Å². The summed E-state index contributed by atoms with van der Waals surface area (Å²) in [6, 6.07) is -0.277. The number of hydroxylamine groups is 1. The summed E-state index contributed by atoms with van der Waals surface area (Å²) < 4.78 is 0. The van der Waals surface area contributed by atoms with E-state index in [4.69, 9.17) is 10.9 Å². The Hall–Kier alpha value is -1.18. The van der Waals surface area contributed by atoms with Gasteiger partial charge in [0.1, 0.15) is 0 Å². The molecule has 1 fully saturated rings. The molecule has 2 unspecified atom stereocenters. The van der Waals surface area contributed by atoms with Crippen LogP contribution in [0.15, 0.2) is 0 Å². The molecule has 7 heteroatoms. The molecule has 2 atom stereocenters. The molecule has 1 aliphatic heterocycles. The number of aliphatic hydroxyl groups is 1. The van der Waals surface area contributed by atoms with Crippen LogP contribution in [0, 0.1) is 0 Å². The fourth-order valence-electron chi connectivity index (χ4n) is 3.19. The summed E-state index contributed by atoms with van der Waals surface area (Å²) in [6.07, 6.45) is 5.36. The largest absolute Gasteiger partial charge is 0.395 e. The van der Waals surface area contributed by atoms with E-state index in [1.165, 1.54) is 0 Å². The van der Waals surface area contributed by atoms with Gasteiger partial charge in [-0.2, -0.15) is 0 Å². The molecule has 1 saturated heterocycles. The van der Waals surface area contributed by atoms with Crippen LogP contribution in [0.3, 0.4) is 0 Å². The van der Waals surface area contributed by atoms with E-state index in [9.17, 15) is 14.7 Å². The Morgan fingerprint density at radius 3 is 2.62 bits per heavy atom. The fourth-order valence-corrected chi connectivity index (χ4v) is 3.19. The number of rotatable bonds is 9. The highest BCUT2D eigenvalue weighted by Crippen LogP contribution is 2.31. The zero-order chi connectivity index (χ0) is 15.9. The third kappa shape index (κ3) is 3.72. The molecule has 1 heterocycles. The molecule has 1 aliphatic rings. The first-order valence-corrected chi connectivity index (χ1v) is 7.66. The van der Waals surface area contributed by atoms with E-state index in [-0.39, 0.29) is 19.1 Å². The predicted octanol–water partition coefficient (Wildman–Crippen LogP) is 0.143. The maximum atomic E-state index is 12.2. The lowest BCUT2D eigenvalue weighted by Crippen LogP contribution is -2.67. The van der Waals surface area contributed by atoms with Gasteiger partial charge in [-0.1, -0.05) is 32.6 Å². The Morgan fingerprint density at radius 2 is 2.10 bits per heavy atom. The third-order valence-electron chi connectivity index (χ3n) is 4.36. The Labute approximate surface area is 125 Å². The lowest BCUT2D eigenvalue weighted by atomic mass is 9.87. The minimum atomic E-state index is -1.58. The van der Waals surface area contributed by atoms with Crippen molar-refractivity contribution in [1.29, 1.82) is 0 Å². The van der Waals surface area contributed by atoms with Gasteiger partial charge in [0.05, 0.1) is 6.61 Å². The smallest absolute Gasteiger partial charge is 0.273 e. The number of primary amides is 1. The van der Waals surface area contributed by atoms with Crippen LogP contribution >= 0.6 is 0 Å². The van der Waals surface area contributed by atoms with Crippen molar-refractivity contribution < 1.29 is 19.9 Å². The summed E-state index contributed by atoms with van der Waals surface area (Å²) in [7, 11) is 0. The second-order valence-corrected chi connectivity index (χ2v) is 5.65. The summed E-state index contributed by atoms with van der Waals surface area (Å²) in [6.45, 7) is 2.45. The van der Waals surface area contributed by atoms with Crippen molar-refractivity contribution in [3.63, 3.8) is 0 Å². The number of hydrogen-bond donors (Lipinski definition) is 4. The van der Waals surface area contributed by atoms with Crippen molar-refractivity contribution in [3.05, 3.63) is 0 Å². The normalized spacial score (nSPS) is 22.0. The molecule has 0 spiro atoms. The van der Waals surface area contributed by atoms with E-state index >= 15 is 0 Å². The number of aliphatic hydroxyl groups excluding tert-OH is 1. The number of hydrogen-bond acceptors (Lipinski definition) is 5. The molecule has 122 valence electrons. The fraction of sp³-hybridized carbons (Fsp3) is 0.857. The highest BCUT2D eigenvalue weighted by atomic mass is 16.5. The quantitative estimate of drug-likeness (QED) is 0.209. The first-order chi connectivity index (χ1) is 10.0. The third-order valence-corrected chi connectivity index (χ3v) is 4.36.